The van der Waals surface area contributed by atoms with Crippen LogP contribution in [0.25, 0.3) is 0 Å². The Labute approximate surface area is 101 Å². The Hall–Kier alpha value is -1.36. The van der Waals surface area contributed by atoms with Gasteiger partial charge in [0.25, 0.3) is 0 Å². The van der Waals surface area contributed by atoms with Gasteiger partial charge in [0, 0.05) is 18.2 Å². The molecule has 1 heterocycles. The van der Waals surface area contributed by atoms with E-state index in [1.807, 2.05) is 13.8 Å². The van der Waals surface area contributed by atoms with E-state index < -0.39 is 0 Å². The predicted octanol–water partition coefficient (Wildman–Crippen LogP) is 0.687. The number of rotatable bonds is 5. The fraction of sp³-hybridized carbons (Fsp3) is 0.667. The van der Waals surface area contributed by atoms with E-state index >= 15 is 0 Å². The molecule has 1 aromatic rings. The summed E-state index contributed by atoms with van der Waals surface area (Å²) in [5.41, 5.74) is 7.32. The molecule has 17 heavy (non-hydrogen) atoms. The number of amides is 1. The van der Waals surface area contributed by atoms with Crippen LogP contribution in [-0.2, 0) is 11.2 Å². The lowest BCUT2D eigenvalue weighted by Gasteiger charge is -2.15. The third kappa shape index (κ3) is 2.85. The van der Waals surface area contributed by atoms with Crippen molar-refractivity contribution in [3.05, 3.63) is 17.0 Å². The quantitative estimate of drug-likeness (QED) is 0.789. The van der Waals surface area contributed by atoms with Crippen LogP contribution >= 0.6 is 0 Å². The zero-order chi connectivity index (χ0) is 12.4. The number of hydrogen-bond donors (Lipinski definition) is 2. The molecule has 0 radical (unpaired) electrons. The van der Waals surface area contributed by atoms with Gasteiger partial charge in [-0.25, -0.2) is 0 Å². The topological polar surface area (TPSA) is 81.2 Å². The summed E-state index contributed by atoms with van der Waals surface area (Å²) in [7, 11) is 0. The first-order valence-electron chi connectivity index (χ1n) is 6.03. The molecule has 0 bridgehead atoms. The van der Waals surface area contributed by atoms with E-state index in [9.17, 15) is 4.79 Å². The summed E-state index contributed by atoms with van der Waals surface area (Å²) in [5.74, 6) is 1.30. The van der Waals surface area contributed by atoms with Crippen molar-refractivity contribution in [2.45, 2.75) is 39.2 Å². The number of carbonyl (C=O) groups excluding carboxylic acids is 1. The lowest BCUT2D eigenvalue weighted by Crippen LogP contribution is -2.42. The average Bonchev–Trinajstić information content (AvgIpc) is 3.09. The van der Waals surface area contributed by atoms with Gasteiger partial charge in [0.15, 0.2) is 0 Å². The molecule has 1 saturated carbocycles. The number of nitrogens with two attached hydrogens (primary N) is 1. The Morgan fingerprint density at radius 2 is 2.29 bits per heavy atom. The first-order valence-corrected chi connectivity index (χ1v) is 6.03. The van der Waals surface area contributed by atoms with Gasteiger partial charge in [-0.2, -0.15) is 0 Å². The van der Waals surface area contributed by atoms with Gasteiger partial charge in [-0.15, -0.1) is 0 Å². The number of aryl methyl sites for hydroxylation is 2. The lowest BCUT2D eigenvalue weighted by atomic mass is 10.1. The van der Waals surface area contributed by atoms with Gasteiger partial charge in [-0.05, 0) is 32.6 Å². The molecular weight excluding hydrogens is 218 g/mol. The molecule has 0 aromatic carbocycles. The Morgan fingerprint density at radius 3 is 2.76 bits per heavy atom. The number of nitrogens with zero attached hydrogens (tertiary/aromatic N) is 1. The molecule has 1 amide bonds. The summed E-state index contributed by atoms with van der Waals surface area (Å²) in [6.07, 6.45) is 2.67. The minimum absolute atomic E-state index is 0.00162. The van der Waals surface area contributed by atoms with Crippen molar-refractivity contribution >= 4 is 5.91 Å². The van der Waals surface area contributed by atoms with Crippen LogP contribution in [0, 0.1) is 19.8 Å². The molecule has 3 N–H and O–H groups in total. The van der Waals surface area contributed by atoms with Crippen molar-refractivity contribution in [2.24, 2.45) is 11.7 Å². The molecule has 1 atom stereocenters. The summed E-state index contributed by atoms with van der Waals surface area (Å²) >= 11 is 0. The van der Waals surface area contributed by atoms with Gasteiger partial charge in [-0.1, -0.05) is 5.16 Å². The van der Waals surface area contributed by atoms with Gasteiger partial charge < -0.3 is 15.6 Å². The van der Waals surface area contributed by atoms with E-state index in [2.05, 4.69) is 10.5 Å². The van der Waals surface area contributed by atoms with E-state index in [4.69, 9.17) is 10.3 Å². The SMILES string of the molecule is Cc1noc(C)c1CC(=O)NC(CN)C1CC1. The maximum atomic E-state index is 11.9. The second-order valence-electron chi connectivity index (χ2n) is 4.73. The molecule has 0 aliphatic heterocycles. The Morgan fingerprint density at radius 1 is 1.59 bits per heavy atom. The third-order valence-corrected chi connectivity index (χ3v) is 3.31. The smallest absolute Gasteiger partial charge is 0.224 e. The molecule has 1 aliphatic carbocycles. The van der Waals surface area contributed by atoms with Gasteiger partial charge in [0.1, 0.15) is 5.76 Å². The molecule has 1 unspecified atom stereocenters. The van der Waals surface area contributed by atoms with Crippen LogP contribution in [-0.4, -0.2) is 23.7 Å². The molecule has 2 rings (SSSR count). The highest BCUT2D eigenvalue weighted by Gasteiger charge is 2.31. The molecule has 1 fully saturated rings. The van der Waals surface area contributed by atoms with Gasteiger partial charge >= 0.3 is 0 Å². The monoisotopic (exact) mass is 237 g/mol. The zero-order valence-electron chi connectivity index (χ0n) is 10.3. The minimum Gasteiger partial charge on any atom is -0.361 e. The van der Waals surface area contributed by atoms with Crippen LogP contribution in [0.2, 0.25) is 0 Å². The predicted molar refractivity (Wildman–Crippen MR) is 63.4 cm³/mol. The Bertz CT molecular complexity index is 390. The van der Waals surface area contributed by atoms with E-state index in [0.717, 1.165) is 11.3 Å². The number of carbonyl (C=O) groups is 1. The summed E-state index contributed by atoms with van der Waals surface area (Å²) < 4.78 is 5.03. The van der Waals surface area contributed by atoms with Gasteiger partial charge in [-0.3, -0.25) is 4.79 Å². The number of nitrogens with one attached hydrogen (secondary N) is 1. The molecule has 0 spiro atoms. The van der Waals surface area contributed by atoms with Gasteiger partial charge in [0.2, 0.25) is 5.91 Å². The van der Waals surface area contributed by atoms with Crippen molar-refractivity contribution in [2.75, 3.05) is 6.54 Å². The van der Waals surface area contributed by atoms with Crippen LogP contribution in [0.5, 0.6) is 0 Å². The van der Waals surface area contributed by atoms with E-state index in [1.165, 1.54) is 12.8 Å². The molecule has 5 heteroatoms. The molecule has 1 aliphatic rings. The first-order chi connectivity index (χ1) is 8.11. The average molecular weight is 237 g/mol. The maximum absolute atomic E-state index is 11.9. The summed E-state index contributed by atoms with van der Waals surface area (Å²) in [5, 5.41) is 6.82. The molecular formula is C12H19N3O2. The second-order valence-corrected chi connectivity index (χ2v) is 4.73. The normalized spacial score (nSPS) is 16.9. The van der Waals surface area contributed by atoms with E-state index in [-0.39, 0.29) is 11.9 Å². The summed E-state index contributed by atoms with van der Waals surface area (Å²) in [6.45, 7) is 4.18. The van der Waals surface area contributed by atoms with Crippen molar-refractivity contribution in [3.8, 4) is 0 Å². The van der Waals surface area contributed by atoms with Crippen molar-refractivity contribution in [3.63, 3.8) is 0 Å². The highest BCUT2D eigenvalue weighted by atomic mass is 16.5. The standard InChI is InChI=1S/C12H19N3O2/c1-7-10(8(2)17-15-7)5-12(16)14-11(6-13)9-3-4-9/h9,11H,3-6,13H2,1-2H3,(H,14,16). The van der Waals surface area contributed by atoms with Crippen molar-refractivity contribution in [1.29, 1.82) is 0 Å². The minimum atomic E-state index is 0.00162. The fourth-order valence-corrected chi connectivity index (χ4v) is 2.04. The van der Waals surface area contributed by atoms with Crippen LogP contribution < -0.4 is 11.1 Å². The first kappa shape index (κ1) is 12.1. The molecule has 94 valence electrons. The summed E-state index contributed by atoms with van der Waals surface area (Å²) in [4.78, 5) is 11.9. The highest BCUT2D eigenvalue weighted by Crippen LogP contribution is 2.32. The van der Waals surface area contributed by atoms with Crippen LogP contribution in [0.1, 0.15) is 29.9 Å². The number of aromatic nitrogens is 1. The van der Waals surface area contributed by atoms with Crippen molar-refractivity contribution in [1.82, 2.24) is 10.5 Å². The number of hydrogen-bond acceptors (Lipinski definition) is 4. The maximum Gasteiger partial charge on any atom is 0.224 e. The molecule has 1 aromatic heterocycles. The zero-order valence-corrected chi connectivity index (χ0v) is 10.3. The third-order valence-electron chi connectivity index (χ3n) is 3.31. The largest absolute Gasteiger partial charge is 0.361 e. The van der Waals surface area contributed by atoms with Crippen molar-refractivity contribution < 1.29 is 9.32 Å². The second kappa shape index (κ2) is 4.87. The van der Waals surface area contributed by atoms with Crippen LogP contribution in [0.15, 0.2) is 4.52 Å². The lowest BCUT2D eigenvalue weighted by molar-refractivity contribution is -0.121. The van der Waals surface area contributed by atoms with Gasteiger partial charge in [0.05, 0.1) is 12.1 Å². The van der Waals surface area contributed by atoms with E-state index in [1.54, 1.807) is 0 Å². The van der Waals surface area contributed by atoms with E-state index in [0.29, 0.717) is 24.6 Å². The molecule has 5 nitrogen and oxygen atoms in total. The fourth-order valence-electron chi connectivity index (χ4n) is 2.04. The highest BCUT2D eigenvalue weighted by molar-refractivity contribution is 5.79. The van der Waals surface area contributed by atoms with Crippen LogP contribution in [0.4, 0.5) is 0 Å². The van der Waals surface area contributed by atoms with Crippen LogP contribution in [0.3, 0.4) is 0 Å². The Balaban J connectivity index is 1.92. The Kier molecular flexibility index (Phi) is 3.47. The summed E-state index contributed by atoms with van der Waals surface area (Å²) in [6, 6.07) is 0.128. The molecule has 0 saturated heterocycles.